The monoisotopic (exact) mass is 1330 g/mol. The summed E-state index contributed by atoms with van der Waals surface area (Å²) in [6.45, 7) is 1.76. The van der Waals surface area contributed by atoms with E-state index in [-0.39, 0.29) is 18.9 Å². The van der Waals surface area contributed by atoms with Crippen molar-refractivity contribution in [1.29, 1.82) is 0 Å². The maximum atomic E-state index is 13.4. The number of nitrogens with one attached hydrogen (secondary N) is 1. The van der Waals surface area contributed by atoms with Gasteiger partial charge in [0.05, 0.1) is 38.6 Å². The molecule has 19 nitrogen and oxygen atoms in total. The van der Waals surface area contributed by atoms with Gasteiger partial charge in [0.2, 0.25) is 5.91 Å². The van der Waals surface area contributed by atoms with Crippen molar-refractivity contribution < 1.29 is 89.4 Å². The summed E-state index contributed by atoms with van der Waals surface area (Å²) in [5, 5.41) is 121. The maximum Gasteiger partial charge on any atom is 0.220 e. The van der Waals surface area contributed by atoms with Crippen molar-refractivity contribution in [2.75, 3.05) is 26.4 Å². The van der Waals surface area contributed by atoms with Crippen LogP contribution in [-0.2, 0) is 33.2 Å². The van der Waals surface area contributed by atoms with Crippen molar-refractivity contribution in [3.63, 3.8) is 0 Å². The van der Waals surface area contributed by atoms with Gasteiger partial charge in [-0.3, -0.25) is 4.79 Å². The number of aliphatic hydroxyl groups is 11. The zero-order valence-corrected chi connectivity index (χ0v) is 58.0. The quantitative estimate of drug-likeness (QED) is 0.0199. The van der Waals surface area contributed by atoms with Gasteiger partial charge in [-0.05, 0) is 51.4 Å². The molecule has 12 N–H and O–H groups in total. The molecule has 3 aliphatic heterocycles. The number of allylic oxidation sites excluding steroid dienone is 5. The Balaban J connectivity index is 1.41. The van der Waals surface area contributed by atoms with Gasteiger partial charge in [0.25, 0.3) is 0 Å². The van der Waals surface area contributed by atoms with Crippen molar-refractivity contribution in [1.82, 2.24) is 5.32 Å². The SMILES string of the molecule is CCCCCCC/C=C\C/C=C\CCCCCCCCCCCC(=O)NC(COC1OC(CO)C(OC2OC(CO)C(OC3OC(CO)C(O)C(O)C3O)C(O)C2O)C(O)C1O)C(O)/C=C/CCCCCCCCCCCCCCCCCCCCCCCCCCC. The predicted octanol–water partition coefficient (Wildman–Crippen LogP) is 11.2. The molecular weight excluding hydrogens is 1190 g/mol. The number of hydrogen-bond donors (Lipinski definition) is 12. The van der Waals surface area contributed by atoms with Gasteiger partial charge in [0, 0.05) is 6.42 Å². The van der Waals surface area contributed by atoms with E-state index in [1.807, 2.05) is 6.08 Å². The Morgan fingerprint density at radius 1 is 0.387 bits per heavy atom. The van der Waals surface area contributed by atoms with E-state index in [0.717, 1.165) is 64.2 Å². The van der Waals surface area contributed by atoms with Crippen molar-refractivity contribution in [2.45, 2.75) is 401 Å². The molecule has 3 rings (SSSR count). The Labute approximate surface area is 561 Å². The minimum atomic E-state index is -1.98. The minimum Gasteiger partial charge on any atom is -0.394 e. The molecule has 0 bridgehead atoms. The highest BCUT2D eigenvalue weighted by atomic mass is 16.8. The minimum absolute atomic E-state index is 0.239. The number of aliphatic hydroxyl groups excluding tert-OH is 11. The third kappa shape index (κ3) is 37.1. The van der Waals surface area contributed by atoms with Crippen LogP contribution in [0.4, 0.5) is 0 Å². The molecule has 3 saturated heterocycles. The average Bonchev–Trinajstić information content (AvgIpc) is 1.48. The second-order valence-electron chi connectivity index (χ2n) is 27.1. The third-order valence-electron chi connectivity index (χ3n) is 18.9. The van der Waals surface area contributed by atoms with Crippen LogP contribution in [0.15, 0.2) is 36.5 Å². The third-order valence-corrected chi connectivity index (χ3v) is 18.9. The van der Waals surface area contributed by atoms with Crippen LogP contribution in [0.5, 0.6) is 0 Å². The number of hydrogen-bond acceptors (Lipinski definition) is 18. The zero-order valence-electron chi connectivity index (χ0n) is 58.0. The Hall–Kier alpha value is -1.99. The summed E-state index contributed by atoms with van der Waals surface area (Å²) in [5.74, 6) is -0.277. The van der Waals surface area contributed by atoms with Gasteiger partial charge in [-0.15, -0.1) is 0 Å². The maximum absolute atomic E-state index is 13.4. The number of unbranched alkanes of at least 4 members (excludes halogenated alkanes) is 39. The molecule has 0 aliphatic carbocycles. The van der Waals surface area contributed by atoms with E-state index in [4.69, 9.17) is 28.4 Å². The Morgan fingerprint density at radius 3 is 1.10 bits per heavy atom. The molecule has 17 unspecified atom stereocenters. The van der Waals surface area contributed by atoms with Crippen LogP contribution in [-0.4, -0.2) is 193 Å². The molecule has 0 aromatic rings. The normalized spacial score (nSPS) is 27.7. The second kappa shape index (κ2) is 55.8. The molecule has 3 fully saturated rings. The van der Waals surface area contributed by atoms with Gasteiger partial charge in [-0.2, -0.15) is 0 Å². The summed E-state index contributed by atoms with van der Waals surface area (Å²) in [6.07, 6.45) is 39.8. The first-order valence-corrected chi connectivity index (χ1v) is 37.7. The lowest BCUT2D eigenvalue weighted by Gasteiger charge is -2.48. The first-order valence-electron chi connectivity index (χ1n) is 37.7. The van der Waals surface area contributed by atoms with Crippen LogP contribution in [0.3, 0.4) is 0 Å². The van der Waals surface area contributed by atoms with Gasteiger partial charge in [-0.1, -0.05) is 275 Å². The number of carbonyl (C=O) groups is 1. The molecule has 3 heterocycles. The van der Waals surface area contributed by atoms with Crippen LogP contribution in [0.2, 0.25) is 0 Å². The first-order chi connectivity index (χ1) is 45.3. The standard InChI is InChI=1S/C74H137NO18/c1-3-5-7-9-11-13-15-17-19-21-23-25-26-27-28-29-30-32-33-35-37-39-41-43-45-47-49-51-58(79)57(75-62(80)52-50-48-46-44-42-40-38-36-34-31-24-22-20-18-16-14-12-10-8-6-4-2)56-88-72-68(86)65(83)70(60(54-77)90-72)93-74-69(87)66(84)71(61(55-78)91-74)92-73-67(85)64(82)63(81)59(53-76)89-73/h16,18,22,24,49,51,57-61,63-74,76-79,81-87H,3-15,17,19-21,23,25-48,50,52-56H2,1-2H3,(H,75,80)/b18-16-,24-22-,51-49+. The Kier molecular flexibility index (Phi) is 51.2. The van der Waals surface area contributed by atoms with Crippen molar-refractivity contribution in [3.8, 4) is 0 Å². The molecule has 546 valence electrons. The zero-order chi connectivity index (χ0) is 67.5. The molecule has 93 heavy (non-hydrogen) atoms. The van der Waals surface area contributed by atoms with Gasteiger partial charge in [0.15, 0.2) is 18.9 Å². The van der Waals surface area contributed by atoms with Crippen molar-refractivity contribution in [3.05, 3.63) is 36.5 Å². The van der Waals surface area contributed by atoms with Crippen LogP contribution in [0.1, 0.15) is 296 Å². The fraction of sp³-hybridized carbons (Fsp3) is 0.905. The van der Waals surface area contributed by atoms with Crippen molar-refractivity contribution in [2.24, 2.45) is 0 Å². The smallest absolute Gasteiger partial charge is 0.220 e. The Morgan fingerprint density at radius 2 is 0.710 bits per heavy atom. The highest BCUT2D eigenvalue weighted by Crippen LogP contribution is 2.33. The van der Waals surface area contributed by atoms with Gasteiger partial charge in [0.1, 0.15) is 73.2 Å². The van der Waals surface area contributed by atoms with Crippen LogP contribution >= 0.6 is 0 Å². The summed E-state index contributed by atoms with van der Waals surface area (Å²) >= 11 is 0. The van der Waals surface area contributed by atoms with Crippen LogP contribution in [0, 0.1) is 0 Å². The number of rotatable bonds is 59. The van der Waals surface area contributed by atoms with Crippen LogP contribution in [0.25, 0.3) is 0 Å². The molecule has 0 spiro atoms. The largest absolute Gasteiger partial charge is 0.394 e. The molecule has 17 atom stereocenters. The van der Waals surface area contributed by atoms with E-state index in [9.17, 15) is 61.0 Å². The lowest BCUT2D eigenvalue weighted by atomic mass is 9.96. The molecule has 3 aliphatic rings. The van der Waals surface area contributed by atoms with E-state index in [2.05, 4.69) is 43.5 Å². The van der Waals surface area contributed by atoms with Gasteiger partial charge < -0.3 is 89.9 Å². The summed E-state index contributed by atoms with van der Waals surface area (Å²) in [6, 6.07) is -0.977. The highest BCUT2D eigenvalue weighted by Gasteiger charge is 2.53. The predicted molar refractivity (Wildman–Crippen MR) is 365 cm³/mol. The lowest BCUT2D eigenvalue weighted by molar-refractivity contribution is -0.379. The molecule has 19 heteroatoms. The van der Waals surface area contributed by atoms with Crippen LogP contribution < -0.4 is 5.32 Å². The molecule has 0 radical (unpaired) electrons. The highest BCUT2D eigenvalue weighted by molar-refractivity contribution is 5.76. The average molecular weight is 1330 g/mol. The van der Waals surface area contributed by atoms with E-state index in [1.165, 1.54) is 205 Å². The van der Waals surface area contributed by atoms with E-state index in [1.54, 1.807) is 6.08 Å². The lowest BCUT2D eigenvalue weighted by Crippen LogP contribution is -2.66. The molecular formula is C74H137NO18. The summed E-state index contributed by atoms with van der Waals surface area (Å²) in [4.78, 5) is 13.4. The molecule has 0 aromatic carbocycles. The topological polar surface area (TPSA) is 307 Å². The number of ether oxygens (including phenoxy) is 6. The fourth-order valence-corrected chi connectivity index (χ4v) is 12.8. The Bertz CT molecular complexity index is 1830. The molecule has 0 aromatic heterocycles. The molecule has 0 saturated carbocycles. The molecule has 1 amide bonds. The summed E-state index contributed by atoms with van der Waals surface area (Å²) in [5.41, 5.74) is 0. The van der Waals surface area contributed by atoms with E-state index < -0.39 is 124 Å². The van der Waals surface area contributed by atoms with Gasteiger partial charge >= 0.3 is 0 Å². The van der Waals surface area contributed by atoms with E-state index in [0.29, 0.717) is 6.42 Å². The summed E-state index contributed by atoms with van der Waals surface area (Å²) < 4.78 is 34.4. The number of carbonyl (C=O) groups excluding carboxylic acids is 1. The van der Waals surface area contributed by atoms with E-state index >= 15 is 0 Å². The second-order valence-corrected chi connectivity index (χ2v) is 27.1. The number of amides is 1. The summed E-state index contributed by atoms with van der Waals surface area (Å²) in [7, 11) is 0. The fourth-order valence-electron chi connectivity index (χ4n) is 12.8. The van der Waals surface area contributed by atoms with Crippen molar-refractivity contribution >= 4 is 5.91 Å². The van der Waals surface area contributed by atoms with Gasteiger partial charge in [-0.25, -0.2) is 0 Å². The first kappa shape index (κ1) is 85.2.